The number of hydrogen-bond acceptors (Lipinski definition) is 4. The zero-order chi connectivity index (χ0) is 33.4. The molecule has 2 heterocycles. The Labute approximate surface area is 289 Å². The molecule has 2 aromatic heterocycles. The summed E-state index contributed by atoms with van der Waals surface area (Å²) in [7, 11) is 0. The van der Waals surface area contributed by atoms with Crippen molar-refractivity contribution in [1.82, 2.24) is 15.0 Å². The molecule has 50 heavy (non-hydrogen) atoms. The molecule has 236 valence electrons. The highest BCUT2D eigenvalue weighted by Gasteiger charge is 2.35. The molecule has 0 N–H and O–H groups in total. The molecule has 0 fully saturated rings. The van der Waals surface area contributed by atoms with Gasteiger partial charge in [-0.15, -0.1) is 0 Å². The summed E-state index contributed by atoms with van der Waals surface area (Å²) in [6, 6.07) is 53.2. The number of nitrogens with zero attached hydrogens (tertiary/aromatic N) is 3. The van der Waals surface area contributed by atoms with Crippen molar-refractivity contribution in [2.45, 2.75) is 19.3 Å². The summed E-state index contributed by atoms with van der Waals surface area (Å²) in [4.78, 5) is 15.2. The Morgan fingerprint density at radius 3 is 1.90 bits per heavy atom. The maximum absolute atomic E-state index is 6.15. The summed E-state index contributed by atoms with van der Waals surface area (Å²) in [5.41, 5.74) is 12.0. The van der Waals surface area contributed by atoms with E-state index in [2.05, 4.69) is 135 Å². The Hall–Kier alpha value is -6.39. The van der Waals surface area contributed by atoms with Gasteiger partial charge in [0.05, 0.1) is 0 Å². The molecule has 7 aromatic carbocycles. The van der Waals surface area contributed by atoms with E-state index in [1.54, 1.807) is 0 Å². The Morgan fingerprint density at radius 1 is 0.400 bits per heavy atom. The Kier molecular flexibility index (Phi) is 6.19. The fourth-order valence-corrected chi connectivity index (χ4v) is 7.68. The standard InChI is InChI=1S/C46H31N3O/c1-46(2)39-17-8-6-15-35(39)36-22-21-33(26-40(36)46)45-48-43(28-11-4-3-5-12-28)47-44(49-45)32-14-10-13-29(23-32)30-19-20-31-27-42-38(25-34(31)24-30)37-16-7-9-18-41(37)50-42/h3-27H,1-2H3. The lowest BCUT2D eigenvalue weighted by Gasteiger charge is -2.21. The number of benzene rings is 7. The van der Waals surface area contributed by atoms with E-state index in [4.69, 9.17) is 19.4 Å². The third kappa shape index (κ3) is 4.49. The molecule has 4 nitrogen and oxygen atoms in total. The molecule has 0 unspecified atom stereocenters. The van der Waals surface area contributed by atoms with E-state index >= 15 is 0 Å². The smallest absolute Gasteiger partial charge is 0.164 e. The van der Waals surface area contributed by atoms with Crippen LogP contribution in [0.15, 0.2) is 156 Å². The van der Waals surface area contributed by atoms with Crippen molar-refractivity contribution in [2.75, 3.05) is 0 Å². The van der Waals surface area contributed by atoms with Crippen LogP contribution in [0.3, 0.4) is 0 Å². The molecule has 0 spiro atoms. The Morgan fingerprint density at radius 2 is 1.04 bits per heavy atom. The molecule has 0 atom stereocenters. The van der Waals surface area contributed by atoms with E-state index in [0.717, 1.165) is 55.1 Å². The van der Waals surface area contributed by atoms with Gasteiger partial charge in [0.25, 0.3) is 0 Å². The Balaban J connectivity index is 1.09. The van der Waals surface area contributed by atoms with Crippen molar-refractivity contribution >= 4 is 32.7 Å². The minimum Gasteiger partial charge on any atom is -0.456 e. The second-order valence-electron chi connectivity index (χ2n) is 13.7. The van der Waals surface area contributed by atoms with E-state index in [0.29, 0.717) is 17.5 Å². The van der Waals surface area contributed by atoms with E-state index in [1.807, 2.05) is 30.3 Å². The molecule has 0 bridgehead atoms. The number of furan rings is 1. The van der Waals surface area contributed by atoms with Crippen LogP contribution >= 0.6 is 0 Å². The number of rotatable bonds is 4. The lowest BCUT2D eigenvalue weighted by molar-refractivity contribution is 0.660. The molecule has 0 saturated carbocycles. The second-order valence-corrected chi connectivity index (χ2v) is 13.7. The van der Waals surface area contributed by atoms with Crippen LogP contribution in [-0.4, -0.2) is 15.0 Å². The van der Waals surface area contributed by atoms with Gasteiger partial charge in [0.1, 0.15) is 11.2 Å². The van der Waals surface area contributed by atoms with Crippen LogP contribution in [0.25, 0.3) is 89.1 Å². The van der Waals surface area contributed by atoms with Crippen LogP contribution in [0, 0.1) is 0 Å². The number of hydrogen-bond donors (Lipinski definition) is 0. The molecule has 4 heteroatoms. The van der Waals surface area contributed by atoms with Gasteiger partial charge >= 0.3 is 0 Å². The third-order valence-electron chi connectivity index (χ3n) is 10.3. The lowest BCUT2D eigenvalue weighted by atomic mass is 9.82. The largest absolute Gasteiger partial charge is 0.456 e. The first-order chi connectivity index (χ1) is 24.5. The first-order valence-electron chi connectivity index (χ1n) is 17.0. The highest BCUT2D eigenvalue weighted by molar-refractivity contribution is 6.10. The van der Waals surface area contributed by atoms with Gasteiger partial charge in [0, 0.05) is 32.9 Å². The van der Waals surface area contributed by atoms with Crippen LogP contribution in [-0.2, 0) is 5.41 Å². The van der Waals surface area contributed by atoms with E-state index in [-0.39, 0.29) is 5.41 Å². The quantitative estimate of drug-likeness (QED) is 0.192. The summed E-state index contributed by atoms with van der Waals surface area (Å²) in [6.07, 6.45) is 0. The monoisotopic (exact) mass is 641 g/mol. The number of aromatic nitrogens is 3. The SMILES string of the molecule is CC1(C)c2ccccc2-c2ccc(-c3nc(-c4ccccc4)nc(-c4cccc(-c5ccc6cc7oc8ccccc8c7cc6c5)c4)n3)cc21. The summed E-state index contributed by atoms with van der Waals surface area (Å²) in [6.45, 7) is 4.60. The minimum absolute atomic E-state index is 0.120. The van der Waals surface area contributed by atoms with Gasteiger partial charge < -0.3 is 4.42 Å². The molecular formula is C46H31N3O. The maximum Gasteiger partial charge on any atom is 0.164 e. The molecule has 0 saturated heterocycles. The summed E-state index contributed by atoms with van der Waals surface area (Å²) in [5.74, 6) is 1.96. The van der Waals surface area contributed by atoms with Gasteiger partial charge in [-0.1, -0.05) is 129 Å². The average Bonchev–Trinajstić information content (AvgIpc) is 3.64. The number of fused-ring (bicyclic) bond motifs is 7. The van der Waals surface area contributed by atoms with Crippen molar-refractivity contribution in [1.29, 1.82) is 0 Å². The molecule has 0 radical (unpaired) electrons. The fourth-order valence-electron chi connectivity index (χ4n) is 7.68. The molecule has 9 aromatic rings. The molecule has 0 amide bonds. The fraction of sp³-hybridized carbons (Fsp3) is 0.0652. The van der Waals surface area contributed by atoms with Gasteiger partial charge in [0.2, 0.25) is 0 Å². The number of para-hydroxylation sites is 1. The second kappa shape index (κ2) is 10.8. The van der Waals surface area contributed by atoms with Crippen LogP contribution in [0.4, 0.5) is 0 Å². The molecule has 10 rings (SSSR count). The predicted molar refractivity (Wildman–Crippen MR) is 204 cm³/mol. The average molecular weight is 642 g/mol. The van der Waals surface area contributed by atoms with E-state index in [9.17, 15) is 0 Å². The highest BCUT2D eigenvalue weighted by atomic mass is 16.3. The first kappa shape index (κ1) is 28.6. The van der Waals surface area contributed by atoms with Crippen molar-refractivity contribution in [2.24, 2.45) is 0 Å². The normalized spacial score (nSPS) is 13.2. The molecule has 1 aliphatic carbocycles. The lowest BCUT2D eigenvalue weighted by Crippen LogP contribution is -2.15. The zero-order valence-corrected chi connectivity index (χ0v) is 27.7. The summed E-state index contributed by atoms with van der Waals surface area (Å²) in [5, 5.41) is 4.58. The van der Waals surface area contributed by atoms with Crippen LogP contribution in [0.2, 0.25) is 0 Å². The van der Waals surface area contributed by atoms with Gasteiger partial charge in [0.15, 0.2) is 17.5 Å². The van der Waals surface area contributed by atoms with Crippen molar-refractivity contribution in [3.63, 3.8) is 0 Å². The zero-order valence-electron chi connectivity index (χ0n) is 27.7. The minimum atomic E-state index is -0.120. The summed E-state index contributed by atoms with van der Waals surface area (Å²) >= 11 is 0. The van der Waals surface area contributed by atoms with E-state index in [1.165, 1.54) is 27.6 Å². The van der Waals surface area contributed by atoms with Crippen molar-refractivity contribution in [3.8, 4) is 56.4 Å². The van der Waals surface area contributed by atoms with Gasteiger partial charge in [-0.05, 0) is 80.6 Å². The maximum atomic E-state index is 6.15. The molecule has 1 aliphatic rings. The van der Waals surface area contributed by atoms with Gasteiger partial charge in [-0.2, -0.15) is 0 Å². The van der Waals surface area contributed by atoms with E-state index < -0.39 is 0 Å². The topological polar surface area (TPSA) is 51.8 Å². The van der Waals surface area contributed by atoms with Crippen LogP contribution < -0.4 is 0 Å². The Bertz CT molecular complexity index is 2790. The molecule has 0 aliphatic heterocycles. The molecular weight excluding hydrogens is 611 g/mol. The van der Waals surface area contributed by atoms with Gasteiger partial charge in [-0.3, -0.25) is 0 Å². The van der Waals surface area contributed by atoms with Crippen molar-refractivity contribution < 1.29 is 4.42 Å². The first-order valence-corrected chi connectivity index (χ1v) is 17.0. The summed E-state index contributed by atoms with van der Waals surface area (Å²) < 4.78 is 6.15. The predicted octanol–water partition coefficient (Wildman–Crippen LogP) is 11.9. The highest BCUT2D eigenvalue weighted by Crippen LogP contribution is 2.49. The third-order valence-corrected chi connectivity index (χ3v) is 10.3. The van der Waals surface area contributed by atoms with Gasteiger partial charge in [-0.25, -0.2) is 15.0 Å². The van der Waals surface area contributed by atoms with Crippen LogP contribution in [0.1, 0.15) is 25.0 Å². The van der Waals surface area contributed by atoms with Crippen LogP contribution in [0.5, 0.6) is 0 Å². The van der Waals surface area contributed by atoms with Crippen molar-refractivity contribution in [3.05, 3.63) is 163 Å².